The minimum Gasteiger partial charge on any atom is -0.497 e. The Morgan fingerprint density at radius 3 is 2.97 bits per heavy atom. The summed E-state index contributed by atoms with van der Waals surface area (Å²) in [6, 6.07) is 11.1. The van der Waals surface area contributed by atoms with Gasteiger partial charge in [-0.05, 0) is 56.0 Å². The number of carbonyl (C=O) groups is 1. The van der Waals surface area contributed by atoms with Crippen LogP contribution in [0.2, 0.25) is 0 Å². The van der Waals surface area contributed by atoms with Crippen molar-refractivity contribution in [2.75, 3.05) is 13.7 Å². The second-order valence-electron chi connectivity index (χ2n) is 8.09. The number of aryl methyl sites for hydroxylation is 1. The van der Waals surface area contributed by atoms with Crippen molar-refractivity contribution in [3.63, 3.8) is 0 Å². The first-order valence-corrected chi connectivity index (χ1v) is 10.8. The third kappa shape index (κ3) is 3.41. The van der Waals surface area contributed by atoms with Crippen molar-refractivity contribution in [3.05, 3.63) is 70.0 Å². The summed E-state index contributed by atoms with van der Waals surface area (Å²) in [5.74, 6) is 1.42. The van der Waals surface area contributed by atoms with Crippen LogP contribution < -0.4 is 10.4 Å². The molecule has 5 rings (SSSR count). The summed E-state index contributed by atoms with van der Waals surface area (Å²) in [7, 11) is 1.57. The highest BCUT2D eigenvalue weighted by atomic mass is 16.5. The number of nitrogens with zero attached hydrogens (tertiary/aromatic N) is 4. The van der Waals surface area contributed by atoms with E-state index >= 15 is 0 Å². The molecule has 164 valence electrons. The van der Waals surface area contributed by atoms with Crippen molar-refractivity contribution in [1.29, 1.82) is 0 Å². The second-order valence-corrected chi connectivity index (χ2v) is 8.09. The van der Waals surface area contributed by atoms with Crippen LogP contribution in [0.4, 0.5) is 0 Å². The zero-order chi connectivity index (χ0) is 22.2. The molecule has 1 amide bonds. The molecule has 32 heavy (non-hydrogen) atoms. The second kappa shape index (κ2) is 8.11. The molecule has 0 aliphatic carbocycles. The molecule has 1 aliphatic rings. The Hall–Kier alpha value is -3.68. The number of carbonyl (C=O) groups excluding carboxylic acids is 1. The molecular weight excluding hydrogens is 408 g/mol. The minimum absolute atomic E-state index is 0.00816. The molecule has 1 fully saturated rings. The lowest BCUT2D eigenvalue weighted by molar-refractivity contribution is -0.132. The summed E-state index contributed by atoms with van der Waals surface area (Å²) in [5, 5.41) is 9.42. The van der Waals surface area contributed by atoms with Crippen LogP contribution >= 0.6 is 0 Å². The molecule has 1 aliphatic heterocycles. The molecule has 0 bridgehead atoms. The maximum atomic E-state index is 13.1. The van der Waals surface area contributed by atoms with E-state index in [0.717, 1.165) is 35.3 Å². The van der Waals surface area contributed by atoms with Gasteiger partial charge in [0, 0.05) is 36.2 Å². The van der Waals surface area contributed by atoms with Gasteiger partial charge in [-0.2, -0.15) is 0 Å². The Balaban J connectivity index is 1.37. The largest absolute Gasteiger partial charge is 0.497 e. The van der Waals surface area contributed by atoms with Crippen molar-refractivity contribution in [2.24, 2.45) is 0 Å². The topological polar surface area (TPSA) is 89.9 Å². The van der Waals surface area contributed by atoms with Crippen molar-refractivity contribution in [2.45, 2.75) is 38.6 Å². The summed E-state index contributed by atoms with van der Waals surface area (Å²) in [4.78, 5) is 27.6. The van der Waals surface area contributed by atoms with Gasteiger partial charge in [-0.3, -0.25) is 9.20 Å². The lowest BCUT2D eigenvalue weighted by atomic mass is 10.0. The van der Waals surface area contributed by atoms with E-state index in [1.807, 2.05) is 52.8 Å². The molecule has 0 radical (unpaired) electrons. The quantitative estimate of drug-likeness (QED) is 0.449. The Bertz CT molecular complexity index is 1370. The van der Waals surface area contributed by atoms with E-state index in [-0.39, 0.29) is 18.4 Å². The van der Waals surface area contributed by atoms with Gasteiger partial charge in [0.25, 0.3) is 0 Å². The molecule has 1 saturated heterocycles. The molecule has 4 aromatic rings. The first kappa shape index (κ1) is 20.2. The summed E-state index contributed by atoms with van der Waals surface area (Å²) in [6.45, 7) is 2.57. The van der Waals surface area contributed by atoms with Gasteiger partial charge in [0.1, 0.15) is 11.3 Å². The average molecular weight is 432 g/mol. The van der Waals surface area contributed by atoms with E-state index in [1.54, 1.807) is 13.2 Å². The number of methoxy groups -OCH3 is 1. The zero-order valence-electron chi connectivity index (χ0n) is 18.1. The van der Waals surface area contributed by atoms with E-state index in [1.165, 1.54) is 0 Å². The normalized spacial score (nSPS) is 16.2. The van der Waals surface area contributed by atoms with Gasteiger partial charge >= 0.3 is 5.63 Å². The lowest BCUT2D eigenvalue weighted by Crippen LogP contribution is -2.32. The van der Waals surface area contributed by atoms with Gasteiger partial charge in [-0.1, -0.05) is 6.07 Å². The number of hydrogen-bond acceptors (Lipinski definition) is 6. The average Bonchev–Trinajstić information content (AvgIpc) is 3.45. The first-order valence-electron chi connectivity index (χ1n) is 10.8. The fraction of sp³-hybridized carbons (Fsp3) is 0.333. The predicted octanol–water partition coefficient (Wildman–Crippen LogP) is 3.45. The summed E-state index contributed by atoms with van der Waals surface area (Å²) < 4.78 is 12.7. The number of aromatic nitrogens is 3. The highest BCUT2D eigenvalue weighted by molar-refractivity contribution is 5.83. The van der Waals surface area contributed by atoms with Crippen LogP contribution in [0.1, 0.15) is 42.3 Å². The smallest absolute Gasteiger partial charge is 0.339 e. The Morgan fingerprint density at radius 2 is 2.12 bits per heavy atom. The first-order chi connectivity index (χ1) is 15.6. The van der Waals surface area contributed by atoms with Crippen LogP contribution in [0.3, 0.4) is 0 Å². The maximum Gasteiger partial charge on any atom is 0.339 e. The number of benzene rings is 1. The third-order valence-corrected chi connectivity index (χ3v) is 6.29. The summed E-state index contributed by atoms with van der Waals surface area (Å²) >= 11 is 0. The number of pyridine rings is 1. The molecule has 1 atom stereocenters. The van der Waals surface area contributed by atoms with Crippen LogP contribution in [-0.4, -0.2) is 39.1 Å². The van der Waals surface area contributed by atoms with Crippen LogP contribution in [0.15, 0.2) is 51.8 Å². The van der Waals surface area contributed by atoms with Gasteiger partial charge in [-0.15, -0.1) is 10.2 Å². The number of ether oxygens (including phenoxy) is 1. The van der Waals surface area contributed by atoms with Crippen LogP contribution in [0.5, 0.6) is 5.75 Å². The van der Waals surface area contributed by atoms with Gasteiger partial charge in [0.15, 0.2) is 11.5 Å². The van der Waals surface area contributed by atoms with Gasteiger partial charge < -0.3 is 14.1 Å². The molecular formula is C24H24N4O4. The Morgan fingerprint density at radius 1 is 1.25 bits per heavy atom. The highest BCUT2D eigenvalue weighted by Crippen LogP contribution is 2.32. The van der Waals surface area contributed by atoms with Gasteiger partial charge in [0.05, 0.1) is 13.2 Å². The fourth-order valence-corrected chi connectivity index (χ4v) is 4.59. The number of fused-ring (bicyclic) bond motifs is 2. The summed E-state index contributed by atoms with van der Waals surface area (Å²) in [5.41, 5.74) is 2.23. The fourth-order valence-electron chi connectivity index (χ4n) is 4.59. The van der Waals surface area contributed by atoms with Crippen molar-refractivity contribution >= 4 is 22.5 Å². The molecule has 1 unspecified atom stereocenters. The maximum absolute atomic E-state index is 13.1. The molecule has 4 heterocycles. The molecule has 3 aromatic heterocycles. The monoisotopic (exact) mass is 432 g/mol. The summed E-state index contributed by atoms with van der Waals surface area (Å²) in [6.07, 6.45) is 4.25. The number of hydrogen-bond donors (Lipinski definition) is 0. The molecule has 1 aromatic carbocycles. The van der Waals surface area contributed by atoms with Crippen molar-refractivity contribution in [3.8, 4) is 5.75 Å². The number of rotatable bonds is 5. The SMILES string of the molecule is COc1ccc2c(C)c(CCC(=O)N3CCCC3c3nnc4ccccn34)c(=O)oc2c1. The standard InChI is InChI=1S/C24H24N4O4/c1-15-17-9-8-16(31-2)14-20(17)32-24(30)18(15)10-11-22(29)27-13-5-6-19(27)23-26-25-21-7-3-4-12-28(21)23/h3-4,7-9,12,14,19H,5-6,10-11,13H2,1-2H3. The minimum atomic E-state index is -0.405. The third-order valence-electron chi connectivity index (χ3n) is 6.29. The number of likely N-dealkylation sites (tertiary alicyclic amines) is 1. The van der Waals surface area contributed by atoms with Gasteiger partial charge in [0.2, 0.25) is 5.91 Å². The zero-order valence-corrected chi connectivity index (χ0v) is 18.1. The van der Waals surface area contributed by atoms with Crippen LogP contribution in [-0.2, 0) is 11.2 Å². The molecule has 0 spiro atoms. The highest BCUT2D eigenvalue weighted by Gasteiger charge is 2.33. The predicted molar refractivity (Wildman–Crippen MR) is 119 cm³/mol. The van der Waals surface area contributed by atoms with E-state index in [2.05, 4.69) is 10.2 Å². The molecule has 0 N–H and O–H groups in total. The van der Waals surface area contributed by atoms with Crippen LogP contribution in [0, 0.1) is 6.92 Å². The Kier molecular flexibility index (Phi) is 5.13. The van der Waals surface area contributed by atoms with E-state index in [9.17, 15) is 9.59 Å². The van der Waals surface area contributed by atoms with Crippen LogP contribution in [0.25, 0.3) is 16.6 Å². The van der Waals surface area contributed by atoms with E-state index in [0.29, 0.717) is 29.9 Å². The molecule has 8 heteroatoms. The van der Waals surface area contributed by atoms with Gasteiger partial charge in [-0.25, -0.2) is 4.79 Å². The van der Waals surface area contributed by atoms with E-state index in [4.69, 9.17) is 9.15 Å². The molecule has 0 saturated carbocycles. The number of amides is 1. The van der Waals surface area contributed by atoms with Crippen molar-refractivity contribution in [1.82, 2.24) is 19.5 Å². The van der Waals surface area contributed by atoms with E-state index < -0.39 is 5.63 Å². The Labute approximate surface area is 184 Å². The van der Waals surface area contributed by atoms with Crippen molar-refractivity contribution < 1.29 is 13.9 Å². The molecule has 8 nitrogen and oxygen atoms in total. The lowest BCUT2D eigenvalue weighted by Gasteiger charge is -2.23.